The zero-order valence-corrected chi connectivity index (χ0v) is 12.4. The van der Waals surface area contributed by atoms with Gasteiger partial charge in [0.15, 0.2) is 0 Å². The molecule has 1 heterocycles. The Morgan fingerprint density at radius 3 is 2.28 bits per heavy atom. The smallest absolute Gasteiger partial charge is 0.238 e. The van der Waals surface area contributed by atoms with Gasteiger partial charge >= 0.3 is 0 Å². The molecule has 106 valence electrons. The van der Waals surface area contributed by atoms with Crippen molar-refractivity contribution in [3.63, 3.8) is 0 Å². The fraction of sp³-hybridized carbons (Fsp3) is 0.923. The van der Waals surface area contributed by atoms with Crippen LogP contribution in [-0.4, -0.2) is 45.7 Å². The van der Waals surface area contributed by atoms with Crippen LogP contribution < -0.4 is 5.73 Å². The van der Waals surface area contributed by atoms with Crippen molar-refractivity contribution in [2.75, 3.05) is 25.4 Å². The molecule has 0 aromatic rings. The topological polar surface area (TPSA) is 63.4 Å². The van der Waals surface area contributed by atoms with Gasteiger partial charge in [-0.3, -0.25) is 9.00 Å². The zero-order valence-electron chi connectivity index (χ0n) is 11.6. The molecule has 0 spiro atoms. The van der Waals surface area contributed by atoms with Crippen LogP contribution in [0.2, 0.25) is 0 Å². The fourth-order valence-corrected chi connectivity index (χ4v) is 3.51. The summed E-state index contributed by atoms with van der Waals surface area (Å²) in [5.41, 5.74) is 5.53. The standard InChI is InChI=1S/C13H26N2O2S/c1-11(9-14)10-18(17)12(2)13(16)15-7-5-3-4-6-8-15/h11-12H,3-10,14H2,1-2H3. The highest BCUT2D eigenvalue weighted by atomic mass is 32.2. The maximum atomic E-state index is 12.3. The molecule has 0 aromatic heterocycles. The maximum absolute atomic E-state index is 12.3. The minimum Gasteiger partial charge on any atom is -0.342 e. The maximum Gasteiger partial charge on any atom is 0.238 e. The van der Waals surface area contributed by atoms with Gasteiger partial charge in [-0.15, -0.1) is 0 Å². The van der Waals surface area contributed by atoms with Gasteiger partial charge in [-0.2, -0.15) is 0 Å². The van der Waals surface area contributed by atoms with E-state index in [-0.39, 0.29) is 11.8 Å². The van der Waals surface area contributed by atoms with Crippen LogP contribution in [0.25, 0.3) is 0 Å². The molecule has 0 saturated carbocycles. The molecule has 5 heteroatoms. The van der Waals surface area contributed by atoms with Gasteiger partial charge in [0.05, 0.1) is 0 Å². The van der Waals surface area contributed by atoms with Crippen molar-refractivity contribution in [2.45, 2.75) is 44.8 Å². The second-order valence-corrected chi connectivity index (χ2v) is 7.07. The molecule has 1 fully saturated rings. The molecular weight excluding hydrogens is 248 g/mol. The molecule has 3 atom stereocenters. The Kier molecular flexibility index (Phi) is 6.86. The minimum absolute atomic E-state index is 0.0551. The minimum atomic E-state index is -1.10. The third kappa shape index (κ3) is 4.69. The lowest BCUT2D eigenvalue weighted by Gasteiger charge is -2.24. The fourth-order valence-electron chi connectivity index (χ4n) is 2.15. The van der Waals surface area contributed by atoms with Crippen LogP contribution in [0.4, 0.5) is 0 Å². The lowest BCUT2D eigenvalue weighted by molar-refractivity contribution is -0.130. The van der Waals surface area contributed by atoms with Crippen molar-refractivity contribution >= 4 is 16.7 Å². The third-order valence-electron chi connectivity index (χ3n) is 3.51. The molecule has 1 aliphatic heterocycles. The molecule has 2 N–H and O–H groups in total. The Hall–Kier alpha value is -0.420. The summed E-state index contributed by atoms with van der Waals surface area (Å²) >= 11 is 0. The van der Waals surface area contributed by atoms with Crippen molar-refractivity contribution < 1.29 is 9.00 Å². The van der Waals surface area contributed by atoms with Gasteiger partial charge in [0.25, 0.3) is 0 Å². The van der Waals surface area contributed by atoms with Crippen molar-refractivity contribution in [2.24, 2.45) is 11.7 Å². The van der Waals surface area contributed by atoms with Gasteiger partial charge in [-0.05, 0) is 32.2 Å². The largest absolute Gasteiger partial charge is 0.342 e. The number of nitrogens with two attached hydrogens (primary N) is 1. The Morgan fingerprint density at radius 1 is 1.22 bits per heavy atom. The Balaban J connectivity index is 2.50. The Labute approximate surface area is 113 Å². The summed E-state index contributed by atoms with van der Waals surface area (Å²) in [4.78, 5) is 14.2. The molecule has 18 heavy (non-hydrogen) atoms. The normalized spacial score (nSPS) is 22.1. The highest BCUT2D eigenvalue weighted by Gasteiger charge is 2.26. The average Bonchev–Trinajstić information content (AvgIpc) is 2.65. The molecule has 0 radical (unpaired) electrons. The number of rotatable bonds is 5. The van der Waals surface area contributed by atoms with Crippen LogP contribution in [0.3, 0.4) is 0 Å². The van der Waals surface area contributed by atoms with E-state index in [4.69, 9.17) is 5.73 Å². The Morgan fingerprint density at radius 2 is 1.78 bits per heavy atom. The van der Waals surface area contributed by atoms with E-state index in [1.54, 1.807) is 6.92 Å². The molecule has 0 bridgehead atoms. The second-order valence-electron chi connectivity index (χ2n) is 5.27. The van der Waals surface area contributed by atoms with Gasteiger partial charge in [0, 0.05) is 29.6 Å². The second kappa shape index (κ2) is 7.89. The first-order valence-electron chi connectivity index (χ1n) is 6.92. The van der Waals surface area contributed by atoms with E-state index < -0.39 is 16.0 Å². The summed E-state index contributed by atoms with van der Waals surface area (Å²) in [5.74, 6) is 0.793. The lowest BCUT2D eigenvalue weighted by atomic mass is 10.2. The number of carbonyl (C=O) groups is 1. The van der Waals surface area contributed by atoms with Crippen LogP contribution in [0.5, 0.6) is 0 Å². The van der Waals surface area contributed by atoms with Crippen molar-refractivity contribution in [3.8, 4) is 0 Å². The van der Waals surface area contributed by atoms with Crippen molar-refractivity contribution in [1.82, 2.24) is 4.90 Å². The van der Waals surface area contributed by atoms with E-state index in [0.717, 1.165) is 25.9 Å². The molecule has 3 unspecified atom stereocenters. The van der Waals surface area contributed by atoms with Crippen LogP contribution in [-0.2, 0) is 15.6 Å². The van der Waals surface area contributed by atoms with Crippen LogP contribution >= 0.6 is 0 Å². The summed E-state index contributed by atoms with van der Waals surface area (Å²) in [6.45, 7) is 5.93. The van der Waals surface area contributed by atoms with E-state index in [0.29, 0.717) is 12.3 Å². The molecule has 0 aromatic carbocycles. The molecule has 0 aliphatic carbocycles. The highest BCUT2D eigenvalue weighted by molar-refractivity contribution is 7.86. The third-order valence-corrected chi connectivity index (χ3v) is 5.40. The van der Waals surface area contributed by atoms with Crippen LogP contribution in [0, 0.1) is 5.92 Å². The summed E-state index contributed by atoms with van der Waals surface area (Å²) in [6.07, 6.45) is 4.55. The van der Waals surface area contributed by atoms with E-state index in [2.05, 4.69) is 0 Å². The lowest BCUT2D eigenvalue weighted by Crippen LogP contribution is -2.41. The van der Waals surface area contributed by atoms with E-state index in [1.165, 1.54) is 12.8 Å². The number of likely N-dealkylation sites (tertiary alicyclic amines) is 1. The zero-order chi connectivity index (χ0) is 13.5. The van der Waals surface area contributed by atoms with Gasteiger partial charge < -0.3 is 10.6 Å². The quantitative estimate of drug-likeness (QED) is 0.817. The summed E-state index contributed by atoms with van der Waals surface area (Å²) in [5, 5.41) is -0.392. The molecule has 1 saturated heterocycles. The average molecular weight is 274 g/mol. The van der Waals surface area contributed by atoms with Gasteiger partial charge in [0.2, 0.25) is 5.91 Å². The number of amides is 1. The number of hydrogen-bond acceptors (Lipinski definition) is 3. The Bertz CT molecular complexity index is 289. The number of carbonyl (C=O) groups excluding carboxylic acids is 1. The molecule has 4 nitrogen and oxygen atoms in total. The SMILES string of the molecule is CC(CN)CS(=O)C(C)C(=O)N1CCCCCC1. The van der Waals surface area contributed by atoms with Crippen LogP contribution in [0.1, 0.15) is 39.5 Å². The van der Waals surface area contributed by atoms with Crippen molar-refractivity contribution in [3.05, 3.63) is 0 Å². The molecule has 1 aliphatic rings. The first-order chi connectivity index (χ1) is 8.56. The number of hydrogen-bond donors (Lipinski definition) is 1. The number of nitrogens with zero attached hydrogens (tertiary/aromatic N) is 1. The molecule has 1 amide bonds. The molecule has 1 rings (SSSR count). The van der Waals surface area contributed by atoms with Gasteiger partial charge in [-0.25, -0.2) is 0 Å². The van der Waals surface area contributed by atoms with E-state index in [1.807, 2.05) is 11.8 Å². The first-order valence-corrected chi connectivity index (χ1v) is 8.30. The van der Waals surface area contributed by atoms with Gasteiger partial charge in [-0.1, -0.05) is 19.8 Å². The predicted molar refractivity (Wildman–Crippen MR) is 75.7 cm³/mol. The predicted octanol–water partition coefficient (Wildman–Crippen LogP) is 1.12. The molecular formula is C13H26N2O2S. The first kappa shape index (κ1) is 15.6. The van der Waals surface area contributed by atoms with Crippen molar-refractivity contribution in [1.29, 1.82) is 0 Å². The summed E-state index contributed by atoms with van der Waals surface area (Å²) in [7, 11) is -1.10. The van der Waals surface area contributed by atoms with E-state index >= 15 is 0 Å². The summed E-state index contributed by atoms with van der Waals surface area (Å²) in [6, 6.07) is 0. The highest BCUT2D eigenvalue weighted by Crippen LogP contribution is 2.13. The summed E-state index contributed by atoms with van der Waals surface area (Å²) < 4.78 is 12.1. The van der Waals surface area contributed by atoms with Crippen LogP contribution in [0.15, 0.2) is 0 Å². The van der Waals surface area contributed by atoms with Gasteiger partial charge in [0.1, 0.15) is 5.25 Å². The monoisotopic (exact) mass is 274 g/mol. The van der Waals surface area contributed by atoms with E-state index in [9.17, 15) is 9.00 Å².